The van der Waals surface area contributed by atoms with Gasteiger partial charge in [-0.25, -0.2) is 4.79 Å². The minimum Gasteiger partial charge on any atom is -0.478 e. The highest BCUT2D eigenvalue weighted by Crippen LogP contribution is 2.40. The molecule has 0 unspecified atom stereocenters. The first-order chi connectivity index (χ1) is 18.5. The number of hydrogen-bond acceptors (Lipinski definition) is 5. The summed E-state index contributed by atoms with van der Waals surface area (Å²) in [4.78, 5) is 10.7. The molecule has 8 heteroatoms. The van der Waals surface area contributed by atoms with Gasteiger partial charge in [-0.1, -0.05) is 94.7 Å². The van der Waals surface area contributed by atoms with Crippen LogP contribution in [0.4, 0.5) is 0 Å². The summed E-state index contributed by atoms with van der Waals surface area (Å²) < 4.78 is 25.3. The summed E-state index contributed by atoms with van der Waals surface area (Å²) in [5.74, 6) is -0.956. The molecule has 236 valence electrons. The highest BCUT2D eigenvalue weighted by Gasteiger charge is 2.43. The van der Waals surface area contributed by atoms with Gasteiger partial charge in [-0.15, -0.1) is 0 Å². The zero-order valence-corrected chi connectivity index (χ0v) is 30.7. The van der Waals surface area contributed by atoms with Crippen molar-refractivity contribution in [3.8, 4) is 0 Å². The van der Waals surface area contributed by atoms with Crippen molar-refractivity contribution in [2.75, 3.05) is 13.9 Å². The summed E-state index contributed by atoms with van der Waals surface area (Å²) in [6.07, 6.45) is 13.0. The van der Waals surface area contributed by atoms with Gasteiger partial charge in [0.25, 0.3) is 0 Å². The van der Waals surface area contributed by atoms with E-state index >= 15 is 0 Å². The van der Waals surface area contributed by atoms with Gasteiger partial charge in [0.05, 0.1) is 6.10 Å². The van der Waals surface area contributed by atoms with Crippen LogP contribution in [0.1, 0.15) is 75.7 Å². The van der Waals surface area contributed by atoms with Crippen molar-refractivity contribution in [3.63, 3.8) is 0 Å². The van der Waals surface area contributed by atoms with Crippen molar-refractivity contribution in [1.29, 1.82) is 0 Å². The second kappa shape index (κ2) is 16.9. The molecule has 0 amide bonds. The van der Waals surface area contributed by atoms with Crippen LogP contribution in [-0.2, 0) is 23.1 Å². The van der Waals surface area contributed by atoms with Gasteiger partial charge in [0.2, 0.25) is 0 Å². The second-order valence-electron chi connectivity index (χ2n) is 14.1. The molecule has 1 N–H and O–H groups in total. The Kier molecular flexibility index (Phi) is 16.3. The Balaban J connectivity index is 6.23. The molecule has 0 fully saturated rings. The van der Waals surface area contributed by atoms with Gasteiger partial charge < -0.3 is 23.4 Å². The fraction of sp³-hybridized carbons (Fsp3) is 0.667. The third kappa shape index (κ3) is 15.5. The Morgan fingerprint density at radius 3 is 1.85 bits per heavy atom. The third-order valence-corrected chi connectivity index (χ3v) is 17.1. The molecule has 6 nitrogen and oxygen atoms in total. The number of ether oxygens (including phenoxy) is 2. The largest absolute Gasteiger partial charge is 0.478 e. The van der Waals surface area contributed by atoms with Crippen molar-refractivity contribution in [2.24, 2.45) is 0 Å². The number of carboxylic acids is 1. The smallest absolute Gasteiger partial charge is 0.328 e. The molecule has 0 aliphatic rings. The molecule has 0 saturated heterocycles. The number of hydrogen-bond donors (Lipinski definition) is 1. The Morgan fingerprint density at radius 2 is 1.37 bits per heavy atom. The van der Waals surface area contributed by atoms with E-state index in [4.69, 9.17) is 23.4 Å². The van der Waals surface area contributed by atoms with Crippen LogP contribution in [0.15, 0.2) is 59.3 Å². The topological polar surface area (TPSA) is 74.2 Å². The fourth-order valence-corrected chi connectivity index (χ4v) is 6.39. The first-order valence-corrected chi connectivity index (χ1v) is 20.4. The average molecular weight is 609 g/mol. The number of allylic oxidation sites excluding steroid dienone is 8. The predicted octanol–water partition coefficient (Wildman–Crippen LogP) is 9.20. The van der Waals surface area contributed by atoms with E-state index in [-0.39, 0.29) is 35.2 Å². The van der Waals surface area contributed by atoms with E-state index in [2.05, 4.69) is 87.7 Å². The van der Waals surface area contributed by atoms with Crippen LogP contribution in [0, 0.1) is 0 Å². The van der Waals surface area contributed by atoms with Gasteiger partial charge in [0.15, 0.2) is 16.6 Å². The van der Waals surface area contributed by atoms with Gasteiger partial charge in [-0.2, -0.15) is 0 Å². The van der Waals surface area contributed by atoms with Crippen LogP contribution in [0.5, 0.6) is 0 Å². The van der Waals surface area contributed by atoms with E-state index in [0.29, 0.717) is 6.42 Å². The van der Waals surface area contributed by atoms with Crippen LogP contribution in [0.2, 0.25) is 36.3 Å². The van der Waals surface area contributed by atoms with Gasteiger partial charge in [0.1, 0.15) is 12.9 Å². The maximum Gasteiger partial charge on any atom is 0.328 e. The van der Waals surface area contributed by atoms with E-state index in [1.807, 2.05) is 38.2 Å². The number of carbonyl (C=O) groups is 1. The molecule has 0 aromatic carbocycles. The van der Waals surface area contributed by atoms with Crippen molar-refractivity contribution in [1.82, 2.24) is 0 Å². The van der Waals surface area contributed by atoms with Gasteiger partial charge in [-0.05, 0) is 70.4 Å². The van der Waals surface area contributed by atoms with Crippen molar-refractivity contribution >= 4 is 22.6 Å². The average Bonchev–Trinajstić information content (AvgIpc) is 2.77. The molecular weight excluding hydrogens is 549 g/mol. The minimum atomic E-state index is -2.12. The number of aliphatic carboxylic acids is 1. The van der Waals surface area contributed by atoms with Crippen LogP contribution >= 0.6 is 0 Å². The standard InChI is InChI=1S/C33H60O6Si2/c1-25(21-27(3)19-20-31(34)35)17-16-18-26(2)22-29(37-24-36-11)30(39-41(14,15)33(8,9)10)23-28(4)38-40(12,13)32(5,6)7/h16-22,28-30H,23-24H2,1-15H3,(H,34,35)/b18-16+,20-19+,25-17+,26-22+,27-21-/t28-,29-,30-/m0/s1. The van der Waals surface area contributed by atoms with Gasteiger partial charge >= 0.3 is 5.97 Å². The van der Waals surface area contributed by atoms with Crippen LogP contribution in [0.3, 0.4) is 0 Å². The molecule has 0 aliphatic heterocycles. The first kappa shape index (κ1) is 39.4. The van der Waals surface area contributed by atoms with Crippen LogP contribution < -0.4 is 0 Å². The summed E-state index contributed by atoms with van der Waals surface area (Å²) in [7, 11) is -2.44. The third-order valence-electron chi connectivity index (χ3n) is 7.95. The molecule has 0 rings (SSSR count). The number of rotatable bonds is 16. The highest BCUT2D eigenvalue weighted by atomic mass is 28.4. The number of methoxy groups -OCH3 is 1. The zero-order valence-electron chi connectivity index (χ0n) is 28.7. The summed E-state index contributed by atoms with van der Waals surface area (Å²) >= 11 is 0. The van der Waals surface area contributed by atoms with Crippen molar-refractivity contribution in [2.45, 2.75) is 130 Å². The predicted molar refractivity (Wildman–Crippen MR) is 178 cm³/mol. The molecule has 0 aromatic heterocycles. The zero-order chi connectivity index (χ0) is 32.2. The lowest BCUT2D eigenvalue weighted by atomic mass is 10.0. The second-order valence-corrected chi connectivity index (χ2v) is 23.6. The molecule has 0 bridgehead atoms. The maximum absolute atomic E-state index is 10.7. The summed E-state index contributed by atoms with van der Waals surface area (Å²) in [5.41, 5.74) is 2.93. The first-order valence-electron chi connectivity index (χ1n) is 14.6. The maximum atomic E-state index is 10.7. The molecular formula is C33H60O6Si2. The van der Waals surface area contributed by atoms with Crippen molar-refractivity contribution in [3.05, 3.63) is 59.3 Å². The highest BCUT2D eigenvalue weighted by molar-refractivity contribution is 6.74. The Hall–Kier alpha value is -1.56. The van der Waals surface area contributed by atoms with E-state index in [0.717, 1.165) is 22.8 Å². The Bertz CT molecular complexity index is 975. The molecule has 0 aliphatic carbocycles. The van der Waals surface area contributed by atoms with E-state index in [9.17, 15) is 4.79 Å². The van der Waals surface area contributed by atoms with E-state index < -0.39 is 22.6 Å². The summed E-state index contributed by atoms with van der Waals surface area (Å²) in [5, 5.41) is 8.99. The van der Waals surface area contributed by atoms with E-state index in [1.54, 1.807) is 13.2 Å². The summed E-state index contributed by atoms with van der Waals surface area (Å²) in [6.45, 7) is 30.9. The lowest BCUT2D eigenvalue weighted by Gasteiger charge is -2.43. The quantitative estimate of drug-likeness (QED) is 0.0815. The normalized spacial score (nSPS) is 17.4. The molecule has 0 saturated carbocycles. The molecule has 0 aromatic rings. The van der Waals surface area contributed by atoms with E-state index in [1.165, 1.54) is 0 Å². The lowest BCUT2D eigenvalue weighted by molar-refractivity contribution is -0.131. The van der Waals surface area contributed by atoms with Crippen molar-refractivity contribution < 1.29 is 28.2 Å². The molecule has 0 radical (unpaired) electrons. The Labute approximate surface area is 253 Å². The Morgan fingerprint density at radius 1 is 0.829 bits per heavy atom. The molecule has 0 heterocycles. The number of carboxylic acid groups (broad SMARTS) is 1. The molecule has 3 atom stereocenters. The fourth-order valence-electron chi connectivity index (χ4n) is 3.59. The van der Waals surface area contributed by atoms with Crippen LogP contribution in [0.25, 0.3) is 0 Å². The molecule has 0 spiro atoms. The van der Waals surface area contributed by atoms with Gasteiger partial charge in [0, 0.05) is 19.3 Å². The monoisotopic (exact) mass is 608 g/mol. The SMILES string of the molecule is COCO[C@@H](/C=C(C)/C=C/C=C(C)/C=C(C)\C=C\C(=O)O)[C@H](C[C@H](C)O[Si](C)(C)C(C)(C)C)O[Si](C)(C)C(C)(C)C. The van der Waals surface area contributed by atoms with Crippen LogP contribution in [-0.4, -0.2) is 59.9 Å². The molecule has 41 heavy (non-hydrogen) atoms. The van der Waals surface area contributed by atoms with Gasteiger partial charge in [-0.3, -0.25) is 0 Å². The lowest BCUT2D eigenvalue weighted by Crippen LogP contribution is -2.49. The minimum absolute atomic E-state index is 0.0133. The summed E-state index contributed by atoms with van der Waals surface area (Å²) in [6, 6.07) is 0.